The first-order valence-electron chi connectivity index (χ1n) is 6.28. The summed E-state index contributed by atoms with van der Waals surface area (Å²) < 4.78 is 5.47. The summed E-state index contributed by atoms with van der Waals surface area (Å²) in [5.74, 6) is 0.660. The minimum absolute atomic E-state index is 0.00546. The molecule has 0 aromatic heterocycles. The van der Waals surface area contributed by atoms with Crippen molar-refractivity contribution in [1.29, 1.82) is 0 Å². The number of carbonyl (C=O) groups excluding carboxylic acids is 1. The average Bonchev–Trinajstić information content (AvgIpc) is 2.38. The van der Waals surface area contributed by atoms with E-state index in [2.05, 4.69) is 15.9 Å². The van der Waals surface area contributed by atoms with E-state index in [0.717, 1.165) is 18.3 Å². The summed E-state index contributed by atoms with van der Waals surface area (Å²) >= 11 is 9.17. The third-order valence-corrected chi connectivity index (χ3v) is 3.46. The van der Waals surface area contributed by atoms with Gasteiger partial charge in [0.15, 0.2) is 6.61 Å². The van der Waals surface area contributed by atoms with Crippen molar-refractivity contribution < 1.29 is 9.53 Å². The third-order valence-electron chi connectivity index (χ3n) is 2.65. The second-order valence-electron chi connectivity index (χ2n) is 4.47. The Labute approximate surface area is 128 Å². The number of rotatable bonds is 7. The van der Waals surface area contributed by atoms with E-state index in [0.29, 0.717) is 10.8 Å². The monoisotopic (exact) mass is 347 g/mol. The van der Waals surface area contributed by atoms with Crippen LogP contribution in [0.4, 0.5) is 0 Å². The minimum atomic E-state index is 0.00546. The van der Waals surface area contributed by atoms with Crippen molar-refractivity contribution >= 4 is 33.4 Å². The zero-order valence-corrected chi connectivity index (χ0v) is 13.6. The molecule has 0 N–H and O–H groups in total. The van der Waals surface area contributed by atoms with Crippen LogP contribution in [0, 0.1) is 0 Å². The third kappa shape index (κ3) is 5.83. The van der Waals surface area contributed by atoms with Gasteiger partial charge in [-0.3, -0.25) is 4.79 Å². The van der Waals surface area contributed by atoms with Crippen LogP contribution in [0.1, 0.15) is 20.3 Å². The molecule has 0 aliphatic heterocycles. The van der Waals surface area contributed by atoms with Crippen LogP contribution in [0.15, 0.2) is 24.3 Å². The van der Waals surface area contributed by atoms with E-state index in [9.17, 15) is 4.79 Å². The molecular weight excluding hydrogens is 330 g/mol. The molecule has 0 atom stereocenters. The fourth-order valence-electron chi connectivity index (χ4n) is 1.66. The molecule has 0 bridgehead atoms. The fourth-order valence-corrected chi connectivity index (χ4v) is 2.04. The number of benzene rings is 1. The number of alkyl halides is 1. The van der Waals surface area contributed by atoms with Crippen molar-refractivity contribution in [1.82, 2.24) is 4.90 Å². The van der Waals surface area contributed by atoms with Crippen molar-refractivity contribution in [2.24, 2.45) is 0 Å². The summed E-state index contributed by atoms with van der Waals surface area (Å²) in [5.41, 5.74) is 0. The van der Waals surface area contributed by atoms with E-state index in [1.54, 1.807) is 24.3 Å². The van der Waals surface area contributed by atoms with Crippen LogP contribution >= 0.6 is 27.5 Å². The zero-order chi connectivity index (χ0) is 14.3. The first-order chi connectivity index (χ1) is 9.04. The number of ether oxygens (including phenoxy) is 1. The molecule has 5 heteroatoms. The van der Waals surface area contributed by atoms with Gasteiger partial charge in [-0.15, -0.1) is 0 Å². The molecule has 3 nitrogen and oxygen atoms in total. The molecule has 0 unspecified atom stereocenters. The molecule has 1 aromatic carbocycles. The maximum absolute atomic E-state index is 12.1. The van der Waals surface area contributed by atoms with Crippen molar-refractivity contribution in [3.63, 3.8) is 0 Å². The average molecular weight is 349 g/mol. The molecule has 0 aliphatic rings. The lowest BCUT2D eigenvalue weighted by atomic mass is 10.3. The Morgan fingerprint density at radius 1 is 1.37 bits per heavy atom. The molecule has 19 heavy (non-hydrogen) atoms. The molecule has 1 aromatic rings. The molecule has 1 amide bonds. The van der Waals surface area contributed by atoms with Gasteiger partial charge in [-0.25, -0.2) is 0 Å². The maximum atomic E-state index is 12.1. The van der Waals surface area contributed by atoms with Crippen LogP contribution in [0.3, 0.4) is 0 Å². The number of amides is 1. The second kappa shape index (κ2) is 8.43. The maximum Gasteiger partial charge on any atom is 0.260 e. The smallest absolute Gasteiger partial charge is 0.260 e. The van der Waals surface area contributed by atoms with Crippen molar-refractivity contribution in [2.45, 2.75) is 26.3 Å². The molecule has 0 saturated carbocycles. The standard InChI is InChI=1S/C14H19BrClNO2/c1-11(2)17(9-3-8-15)14(18)10-19-13-6-4-12(16)5-7-13/h4-7,11H,3,8-10H2,1-2H3. The van der Waals surface area contributed by atoms with Crippen LogP contribution in [0.5, 0.6) is 5.75 Å². The highest BCUT2D eigenvalue weighted by molar-refractivity contribution is 9.09. The van der Waals surface area contributed by atoms with Crippen LogP contribution in [0.2, 0.25) is 5.02 Å². The molecule has 106 valence electrons. The molecule has 1 rings (SSSR count). The predicted molar refractivity (Wildman–Crippen MR) is 82.2 cm³/mol. The molecular formula is C14H19BrClNO2. The van der Waals surface area contributed by atoms with Gasteiger partial charge in [-0.1, -0.05) is 27.5 Å². The highest BCUT2D eigenvalue weighted by atomic mass is 79.9. The lowest BCUT2D eigenvalue weighted by Crippen LogP contribution is -2.40. The summed E-state index contributed by atoms with van der Waals surface area (Å²) in [6, 6.07) is 7.18. The number of halogens is 2. The predicted octanol–water partition coefficient (Wildman–Crippen LogP) is 3.74. The Balaban J connectivity index is 2.49. The Morgan fingerprint density at radius 3 is 2.53 bits per heavy atom. The van der Waals surface area contributed by atoms with Gasteiger partial charge in [0.05, 0.1) is 0 Å². The van der Waals surface area contributed by atoms with Gasteiger partial charge in [-0.2, -0.15) is 0 Å². The normalized spacial score (nSPS) is 10.6. The second-order valence-corrected chi connectivity index (χ2v) is 5.70. The number of hydrogen-bond acceptors (Lipinski definition) is 2. The van der Waals surface area contributed by atoms with Gasteiger partial charge in [0, 0.05) is 22.9 Å². The lowest BCUT2D eigenvalue weighted by Gasteiger charge is -2.26. The van der Waals surface area contributed by atoms with E-state index in [1.165, 1.54) is 0 Å². The van der Waals surface area contributed by atoms with E-state index in [-0.39, 0.29) is 18.6 Å². The SMILES string of the molecule is CC(C)N(CCCBr)C(=O)COc1ccc(Cl)cc1. The zero-order valence-electron chi connectivity index (χ0n) is 11.2. The van der Waals surface area contributed by atoms with Crippen LogP contribution in [-0.4, -0.2) is 35.3 Å². The molecule has 0 saturated heterocycles. The Morgan fingerprint density at radius 2 is 2.00 bits per heavy atom. The van der Waals surface area contributed by atoms with E-state index in [1.807, 2.05) is 18.7 Å². The van der Waals surface area contributed by atoms with Crippen molar-refractivity contribution in [3.8, 4) is 5.75 Å². The number of carbonyl (C=O) groups is 1. The van der Waals surface area contributed by atoms with Crippen LogP contribution in [0.25, 0.3) is 0 Å². The summed E-state index contributed by atoms with van der Waals surface area (Å²) in [4.78, 5) is 13.9. The summed E-state index contributed by atoms with van der Waals surface area (Å²) in [7, 11) is 0. The quantitative estimate of drug-likeness (QED) is 0.703. The topological polar surface area (TPSA) is 29.5 Å². The van der Waals surface area contributed by atoms with Gasteiger partial charge in [0.2, 0.25) is 0 Å². The van der Waals surface area contributed by atoms with Gasteiger partial charge >= 0.3 is 0 Å². The summed E-state index contributed by atoms with van der Waals surface area (Å²) in [6.07, 6.45) is 0.935. The Bertz CT molecular complexity index is 395. The van der Waals surface area contributed by atoms with E-state index >= 15 is 0 Å². The van der Waals surface area contributed by atoms with Gasteiger partial charge in [0.1, 0.15) is 5.75 Å². The number of nitrogens with zero attached hydrogens (tertiary/aromatic N) is 1. The molecule has 0 spiro atoms. The Hall–Kier alpha value is -0.740. The molecule has 0 heterocycles. The Kier molecular flexibility index (Phi) is 7.24. The minimum Gasteiger partial charge on any atom is -0.484 e. The van der Waals surface area contributed by atoms with Gasteiger partial charge in [0.25, 0.3) is 5.91 Å². The molecule has 0 aliphatic carbocycles. The van der Waals surface area contributed by atoms with Gasteiger partial charge < -0.3 is 9.64 Å². The summed E-state index contributed by atoms with van der Waals surface area (Å²) in [5, 5.41) is 1.54. The lowest BCUT2D eigenvalue weighted by molar-refractivity contribution is -0.135. The van der Waals surface area contributed by atoms with Crippen LogP contribution in [-0.2, 0) is 4.79 Å². The first kappa shape index (κ1) is 16.3. The fraction of sp³-hybridized carbons (Fsp3) is 0.500. The van der Waals surface area contributed by atoms with E-state index < -0.39 is 0 Å². The molecule has 0 radical (unpaired) electrons. The molecule has 0 fully saturated rings. The van der Waals surface area contributed by atoms with Crippen LogP contribution < -0.4 is 4.74 Å². The largest absolute Gasteiger partial charge is 0.484 e. The highest BCUT2D eigenvalue weighted by Crippen LogP contribution is 2.15. The van der Waals surface area contributed by atoms with E-state index in [4.69, 9.17) is 16.3 Å². The summed E-state index contributed by atoms with van der Waals surface area (Å²) in [6.45, 7) is 4.82. The highest BCUT2D eigenvalue weighted by Gasteiger charge is 2.16. The van der Waals surface area contributed by atoms with Crippen molar-refractivity contribution in [3.05, 3.63) is 29.3 Å². The van der Waals surface area contributed by atoms with Gasteiger partial charge in [-0.05, 0) is 44.5 Å². The van der Waals surface area contributed by atoms with Crippen molar-refractivity contribution in [2.75, 3.05) is 18.5 Å². The number of hydrogen-bond donors (Lipinski definition) is 0. The first-order valence-corrected chi connectivity index (χ1v) is 7.78.